The third-order valence-electron chi connectivity index (χ3n) is 21.9. The molecule has 1 aromatic heterocycles. The highest BCUT2D eigenvalue weighted by molar-refractivity contribution is 7.86. The summed E-state index contributed by atoms with van der Waals surface area (Å²) in [5, 5.41) is 20.9. The van der Waals surface area contributed by atoms with Crippen LogP contribution in [-0.4, -0.2) is 88.3 Å². The summed E-state index contributed by atoms with van der Waals surface area (Å²) >= 11 is 11.3. The Bertz CT molecular complexity index is 6280. The van der Waals surface area contributed by atoms with Crippen LogP contribution in [0, 0.1) is 0 Å². The zero-order valence-electron chi connectivity index (χ0n) is 79.8. The number of benzene rings is 14. The smallest absolute Gasteiger partial charge is 0.187 e. The van der Waals surface area contributed by atoms with Gasteiger partial charge in [0.15, 0.2) is 29.0 Å². The molecule has 0 saturated heterocycles. The monoisotopic (exact) mass is 2070 g/mol. The van der Waals surface area contributed by atoms with Crippen LogP contribution in [0.2, 0.25) is 0 Å². The highest BCUT2D eigenvalue weighted by Crippen LogP contribution is 2.48. The molecule has 0 spiro atoms. The molecule has 740 valence electrons. The van der Waals surface area contributed by atoms with E-state index >= 15 is 0 Å². The Labute approximate surface area is 846 Å². The summed E-state index contributed by atoms with van der Waals surface area (Å²) in [7, 11) is -21.6. The van der Waals surface area contributed by atoms with Crippen molar-refractivity contribution in [3.05, 3.63) is 397 Å². The molecule has 0 amide bonds. The lowest BCUT2D eigenvalue weighted by Gasteiger charge is -2.11. The summed E-state index contributed by atoms with van der Waals surface area (Å²) in [5.74, 6) is 3.87. The molecule has 139 heavy (non-hydrogen) atoms. The van der Waals surface area contributed by atoms with Gasteiger partial charge in [-0.15, -0.1) is 0 Å². The van der Waals surface area contributed by atoms with Crippen LogP contribution in [-0.2, 0) is 113 Å². The van der Waals surface area contributed by atoms with Crippen LogP contribution < -0.4 is 9.47 Å². The first-order chi connectivity index (χ1) is 66.0. The average molecular weight is 2070 g/mol. The van der Waals surface area contributed by atoms with Crippen LogP contribution in [0.3, 0.4) is 0 Å². The van der Waals surface area contributed by atoms with Gasteiger partial charge in [0.05, 0.1) is 31.1 Å². The van der Waals surface area contributed by atoms with Gasteiger partial charge in [0.25, 0.3) is 0 Å². The number of rotatable bonds is 26. The highest BCUT2D eigenvalue weighted by atomic mass is 32.2. The SMILES string of the molecule is CCC(C)c1ccc(COc2ccc(S(=O)(=O)[O-])cc2)cc1.CCC(C)c1ccc(S(=O)(=O)[O-])cc1.CCC(C)c1ccc(S(=O)(=O)[O-])cc1.CCC(C)c1ccc(S(=O)(=O)[O-])cc1.CCC(C)c1ccc(S(=O)(=O)[O-])cc1.CCCOc1ccc([SH2+])cc1.OCCc1ccc(-[s+]2c3ccccc3c3ccccc32)cc1.Oc1ccc([SH+]c2ccccc2)cc1.[SH2+]c1ccccc1.[SH2+]c1ccccc1. The van der Waals surface area contributed by atoms with Crippen molar-refractivity contribution >= 4 is 131 Å². The molecule has 0 aliphatic rings. The zero-order chi connectivity index (χ0) is 102. The lowest BCUT2D eigenvalue weighted by atomic mass is 9.98. The van der Waals surface area contributed by atoms with Gasteiger partial charge in [0.1, 0.15) is 84.2 Å². The van der Waals surface area contributed by atoms with E-state index in [1.54, 1.807) is 60.7 Å². The van der Waals surface area contributed by atoms with E-state index in [1.165, 1.54) is 131 Å². The van der Waals surface area contributed by atoms with Crippen LogP contribution in [0.5, 0.6) is 17.2 Å². The van der Waals surface area contributed by atoms with Gasteiger partial charge in [-0.25, -0.2) is 42.1 Å². The average Bonchev–Trinajstić information content (AvgIpc) is 1.60. The number of phenols is 1. The number of thiophene rings is 1. The second-order valence-electron chi connectivity index (χ2n) is 32.1. The molecule has 0 aliphatic heterocycles. The normalized spacial score (nSPS) is 12.1. The van der Waals surface area contributed by atoms with Crippen molar-refractivity contribution in [2.24, 2.45) is 0 Å². The van der Waals surface area contributed by atoms with Gasteiger partial charge in [0, 0.05) is 39.6 Å². The van der Waals surface area contributed by atoms with Crippen molar-refractivity contribution < 1.29 is 84.5 Å². The van der Waals surface area contributed by atoms with Gasteiger partial charge in [-0.3, -0.25) is 0 Å². The summed E-state index contributed by atoms with van der Waals surface area (Å²) in [6.45, 7) is 24.3. The van der Waals surface area contributed by atoms with Gasteiger partial charge < -0.3 is 42.5 Å². The fourth-order valence-corrected chi connectivity index (χ4v) is 18.9. The van der Waals surface area contributed by atoms with E-state index in [4.69, 9.17) is 19.7 Å². The van der Waals surface area contributed by atoms with E-state index in [-0.39, 0.29) is 41.6 Å². The summed E-state index contributed by atoms with van der Waals surface area (Å²) in [6, 6.07) is 110. The van der Waals surface area contributed by atoms with Crippen LogP contribution >= 0.6 is 10.5 Å². The maximum Gasteiger partial charge on any atom is 0.187 e. The Morgan fingerprint density at radius 3 is 0.871 bits per heavy atom. The van der Waals surface area contributed by atoms with E-state index in [2.05, 4.69) is 211 Å². The molecule has 0 aliphatic carbocycles. The number of aliphatic hydroxyl groups excluding tert-OH is 1. The summed E-state index contributed by atoms with van der Waals surface area (Å²) in [4.78, 5) is 6.23. The van der Waals surface area contributed by atoms with E-state index in [1.807, 2.05) is 127 Å². The molecule has 1 heterocycles. The fourth-order valence-electron chi connectivity index (χ4n) is 12.7. The molecule has 0 fully saturated rings. The largest absolute Gasteiger partial charge is 0.744 e. The summed E-state index contributed by atoms with van der Waals surface area (Å²) < 4.78 is 174. The van der Waals surface area contributed by atoms with Crippen LogP contribution in [0.15, 0.2) is 407 Å². The fraction of sp³-hybridized carbons (Fsp3) is 0.236. The molecule has 15 aromatic rings. The predicted molar refractivity (Wildman–Crippen MR) is 573 cm³/mol. The number of thiol groups is 1. The van der Waals surface area contributed by atoms with E-state index in [0.29, 0.717) is 47.7 Å². The molecular formula is C110H126O19S10. The lowest BCUT2D eigenvalue weighted by molar-refractivity contribution is 0.299. The Morgan fingerprint density at radius 1 is 0.309 bits per heavy atom. The van der Waals surface area contributed by atoms with Crippen molar-refractivity contribution in [2.45, 2.75) is 206 Å². The number of aromatic hydroxyl groups is 1. The van der Waals surface area contributed by atoms with E-state index in [0.717, 1.165) is 99.8 Å². The van der Waals surface area contributed by atoms with Gasteiger partial charge in [-0.2, -0.15) is 0 Å². The number of phenolic OH excluding ortho intramolecular Hbond substituents is 1. The molecule has 14 aromatic carbocycles. The first-order valence-electron chi connectivity index (χ1n) is 45.2. The van der Waals surface area contributed by atoms with Crippen molar-refractivity contribution in [3.8, 4) is 22.1 Å². The minimum absolute atomic E-state index is 0.0153. The van der Waals surface area contributed by atoms with Crippen molar-refractivity contribution in [2.75, 3.05) is 13.2 Å². The minimum Gasteiger partial charge on any atom is -0.744 e. The van der Waals surface area contributed by atoms with Crippen molar-refractivity contribution in [3.63, 3.8) is 0 Å². The van der Waals surface area contributed by atoms with Crippen molar-refractivity contribution in [1.82, 2.24) is 0 Å². The number of aliphatic hydroxyl groups is 1. The third-order valence-corrected chi connectivity index (χ3v) is 30.6. The maximum absolute atomic E-state index is 10.8. The molecule has 2 N–H and O–H groups in total. The Hall–Kier alpha value is -10.4. The molecule has 5 atom stereocenters. The predicted octanol–water partition coefficient (Wildman–Crippen LogP) is 24.0. The van der Waals surface area contributed by atoms with Gasteiger partial charge in [0.2, 0.25) is 0 Å². The number of hydrogen-bond donors (Lipinski definition) is 2. The first kappa shape index (κ1) is 117. The molecular weight excluding hydrogens is 1950 g/mol. The molecule has 0 saturated carbocycles. The molecule has 0 radical (unpaired) electrons. The van der Waals surface area contributed by atoms with E-state index < -0.39 is 50.6 Å². The number of hydrogen-bond acceptors (Lipinski definition) is 19. The van der Waals surface area contributed by atoms with E-state index in [9.17, 15) is 64.9 Å². The Morgan fingerprint density at radius 2 is 0.576 bits per heavy atom. The Balaban J connectivity index is 0.000000241. The van der Waals surface area contributed by atoms with Gasteiger partial charge >= 0.3 is 0 Å². The molecule has 15 rings (SSSR count). The standard InChI is InChI=1S/C20H17OS.C17H20O4S.C12H10OS.4C10H14O3S.C9H12OS.2C6H6S/c21-14-13-15-9-11-16(12-10-15)22-19-7-3-1-5-17(19)18-6-2-4-8-20(18)22;1-3-13(2)15-6-4-14(5-7-15)12-21-16-8-10-17(11-9-16)22(18,19)20;13-10-6-8-12(9-7-10)14-11-4-2-1-3-5-11;4*1-3-8(2)9-4-6-10(7-5-9)14(11,12)13;1-2-7-10-8-3-5-9(11)6-4-8;2*7-6-4-2-1-3-5-6/h1-12,21H,13-14H2;4-11,13H,3,12H2,1-2H3,(H,18,19,20);1-9,13H;4*4-8H,3H2,1-2H3,(H,11,12,13);3-6,11H,2,7H2,1H3;2*1-5,7H/q+1;;;;;;;;;/p-1. The van der Waals surface area contributed by atoms with Gasteiger partial charge in [-0.1, -0.05) is 240 Å². The molecule has 5 unspecified atom stereocenters. The molecule has 19 nitrogen and oxygen atoms in total. The Kier molecular flexibility index (Phi) is 50.7. The highest BCUT2D eigenvalue weighted by Gasteiger charge is 2.23. The topological polar surface area (TPSA) is 345 Å². The minimum atomic E-state index is -4.41. The zero-order valence-corrected chi connectivity index (χ0v) is 88.5. The first-order valence-corrected chi connectivity index (χ1v) is 55.9. The van der Waals surface area contributed by atoms with Crippen LogP contribution in [0.25, 0.3) is 25.1 Å². The number of fused-ring (bicyclic) bond motifs is 3. The molecule has 29 heteroatoms. The summed E-state index contributed by atoms with van der Waals surface area (Å²) in [6.07, 6.45) is 6.83. The number of ether oxygens (including phenoxy) is 2. The quantitative estimate of drug-likeness (QED) is 0.0289. The lowest BCUT2D eigenvalue weighted by Crippen LogP contribution is -1.99. The summed E-state index contributed by atoms with van der Waals surface area (Å²) in [5.41, 5.74) is 7.75. The second-order valence-corrected chi connectivity index (χ2v) is 43.9. The molecule has 0 bridgehead atoms. The maximum atomic E-state index is 10.8. The van der Waals surface area contributed by atoms with Crippen LogP contribution in [0.1, 0.15) is 183 Å². The second kappa shape index (κ2) is 60.0. The van der Waals surface area contributed by atoms with Crippen LogP contribution in [0.4, 0.5) is 0 Å². The third kappa shape index (κ3) is 42.5. The van der Waals surface area contributed by atoms with Crippen molar-refractivity contribution in [1.29, 1.82) is 0 Å². The van der Waals surface area contributed by atoms with Gasteiger partial charge in [-0.05, 0) is 345 Å².